The molecule has 0 fully saturated rings. The van der Waals surface area contributed by atoms with Crippen LogP contribution in [-0.4, -0.2) is 24.0 Å². The highest BCUT2D eigenvalue weighted by molar-refractivity contribution is 6.07. The molecule has 0 aliphatic heterocycles. The van der Waals surface area contributed by atoms with Gasteiger partial charge < -0.3 is 10.1 Å². The number of rotatable bonds is 4. The zero-order valence-corrected chi connectivity index (χ0v) is 16.5. The van der Waals surface area contributed by atoms with Crippen molar-refractivity contribution in [2.45, 2.75) is 33.7 Å². The number of ether oxygens (including phenoxy) is 1. The van der Waals surface area contributed by atoms with Crippen LogP contribution in [0, 0.1) is 5.41 Å². The van der Waals surface area contributed by atoms with Crippen LogP contribution in [0.4, 0.5) is 0 Å². The van der Waals surface area contributed by atoms with Crippen molar-refractivity contribution in [2.24, 2.45) is 5.41 Å². The highest BCUT2D eigenvalue weighted by Gasteiger charge is 2.23. The summed E-state index contributed by atoms with van der Waals surface area (Å²) in [5.74, 6) is 0.676. The fourth-order valence-electron chi connectivity index (χ4n) is 2.78. The molecule has 1 amide bonds. The van der Waals surface area contributed by atoms with Gasteiger partial charge in [0.15, 0.2) is 0 Å². The van der Waals surface area contributed by atoms with E-state index in [4.69, 9.17) is 9.72 Å². The molecule has 0 aliphatic carbocycles. The maximum atomic E-state index is 13.1. The van der Waals surface area contributed by atoms with Crippen LogP contribution in [0.3, 0.4) is 0 Å². The van der Waals surface area contributed by atoms with Crippen molar-refractivity contribution >= 4 is 16.8 Å². The lowest BCUT2D eigenvalue weighted by atomic mass is 9.88. The zero-order valence-electron chi connectivity index (χ0n) is 16.5. The molecule has 2 aromatic carbocycles. The number of fused-ring (bicyclic) bond motifs is 1. The quantitative estimate of drug-likeness (QED) is 0.704. The number of methoxy groups -OCH3 is 1. The van der Waals surface area contributed by atoms with Crippen molar-refractivity contribution in [1.29, 1.82) is 0 Å². The van der Waals surface area contributed by atoms with E-state index in [0.717, 1.165) is 27.9 Å². The molecule has 0 spiro atoms. The third-order valence-corrected chi connectivity index (χ3v) is 4.97. The van der Waals surface area contributed by atoms with Crippen LogP contribution in [-0.2, 0) is 0 Å². The van der Waals surface area contributed by atoms with Crippen LogP contribution in [0.15, 0.2) is 54.6 Å². The van der Waals surface area contributed by atoms with Crippen LogP contribution in [0.1, 0.15) is 38.1 Å². The summed E-state index contributed by atoms with van der Waals surface area (Å²) in [7, 11) is 1.64. The summed E-state index contributed by atoms with van der Waals surface area (Å²) in [6.45, 7) is 8.38. The Hall–Kier alpha value is -2.88. The standard InChI is InChI=1S/C23H26N2O2/c1-15(23(2,3)4)24-22(26)19-14-21(16-9-8-10-17(13-16)27-5)25-20-12-7-6-11-18(19)20/h6-15H,1-5H3,(H,24,26)/t15-/m0/s1. The maximum absolute atomic E-state index is 13.1. The Labute approximate surface area is 160 Å². The molecule has 1 aromatic heterocycles. The number of hydrogen-bond acceptors (Lipinski definition) is 3. The minimum Gasteiger partial charge on any atom is -0.497 e. The van der Waals surface area contributed by atoms with E-state index in [2.05, 4.69) is 26.1 Å². The minimum absolute atomic E-state index is 0.0197. The van der Waals surface area contributed by atoms with Gasteiger partial charge in [0.1, 0.15) is 5.75 Å². The van der Waals surface area contributed by atoms with E-state index in [1.807, 2.05) is 61.5 Å². The smallest absolute Gasteiger partial charge is 0.252 e. The fraction of sp³-hybridized carbons (Fsp3) is 0.304. The third-order valence-electron chi connectivity index (χ3n) is 4.97. The molecule has 3 rings (SSSR count). The highest BCUT2D eigenvalue weighted by Crippen LogP contribution is 2.28. The lowest BCUT2D eigenvalue weighted by Crippen LogP contribution is -2.41. The van der Waals surface area contributed by atoms with Crippen LogP contribution in [0.2, 0.25) is 0 Å². The molecule has 0 saturated heterocycles. The van der Waals surface area contributed by atoms with Crippen molar-refractivity contribution in [3.05, 3.63) is 60.2 Å². The number of hydrogen-bond donors (Lipinski definition) is 1. The molecule has 4 heteroatoms. The number of para-hydroxylation sites is 1. The van der Waals surface area contributed by atoms with Crippen molar-refractivity contribution < 1.29 is 9.53 Å². The van der Waals surface area contributed by atoms with Crippen LogP contribution < -0.4 is 10.1 Å². The second kappa shape index (κ2) is 7.39. The Morgan fingerprint density at radius 3 is 2.52 bits per heavy atom. The van der Waals surface area contributed by atoms with Gasteiger partial charge in [-0.3, -0.25) is 4.79 Å². The van der Waals surface area contributed by atoms with E-state index in [9.17, 15) is 4.79 Å². The number of amides is 1. The molecule has 3 aromatic rings. The maximum Gasteiger partial charge on any atom is 0.252 e. The largest absolute Gasteiger partial charge is 0.497 e. The minimum atomic E-state index is -0.0832. The van der Waals surface area contributed by atoms with Crippen molar-refractivity contribution in [3.8, 4) is 17.0 Å². The number of carbonyl (C=O) groups is 1. The van der Waals surface area contributed by atoms with Gasteiger partial charge in [0.2, 0.25) is 0 Å². The van der Waals surface area contributed by atoms with E-state index < -0.39 is 0 Å². The Balaban J connectivity index is 2.09. The summed E-state index contributed by atoms with van der Waals surface area (Å²) in [5, 5.41) is 3.99. The molecule has 0 bridgehead atoms. The second-order valence-electron chi connectivity index (χ2n) is 7.87. The summed E-state index contributed by atoms with van der Waals surface area (Å²) >= 11 is 0. The van der Waals surface area contributed by atoms with Crippen LogP contribution in [0.5, 0.6) is 5.75 Å². The first-order chi connectivity index (χ1) is 12.8. The topological polar surface area (TPSA) is 51.2 Å². The number of pyridine rings is 1. The van der Waals surface area contributed by atoms with Gasteiger partial charge in [-0.15, -0.1) is 0 Å². The van der Waals surface area contributed by atoms with Gasteiger partial charge in [0.25, 0.3) is 5.91 Å². The Bertz CT molecular complexity index is 974. The molecular formula is C23H26N2O2. The Kier molecular flexibility index (Phi) is 5.17. The number of aromatic nitrogens is 1. The first kappa shape index (κ1) is 18.9. The van der Waals surface area contributed by atoms with E-state index in [0.29, 0.717) is 5.56 Å². The van der Waals surface area contributed by atoms with E-state index in [1.165, 1.54) is 0 Å². The van der Waals surface area contributed by atoms with Crippen molar-refractivity contribution in [3.63, 3.8) is 0 Å². The summed E-state index contributed by atoms with van der Waals surface area (Å²) in [6, 6.07) is 17.4. The molecule has 1 atom stereocenters. The van der Waals surface area contributed by atoms with E-state index >= 15 is 0 Å². The SMILES string of the molecule is COc1cccc(-c2cc(C(=O)N[C@@H](C)C(C)(C)C)c3ccccc3n2)c1. The van der Waals surface area contributed by atoms with Gasteiger partial charge in [-0.05, 0) is 36.6 Å². The molecule has 0 saturated carbocycles. The highest BCUT2D eigenvalue weighted by atomic mass is 16.5. The summed E-state index contributed by atoms with van der Waals surface area (Å²) < 4.78 is 5.32. The van der Waals surface area contributed by atoms with Gasteiger partial charge in [0, 0.05) is 17.0 Å². The van der Waals surface area contributed by atoms with Gasteiger partial charge in [-0.2, -0.15) is 0 Å². The molecular weight excluding hydrogens is 336 g/mol. The Morgan fingerprint density at radius 2 is 1.81 bits per heavy atom. The van der Waals surface area contributed by atoms with Crippen LogP contribution >= 0.6 is 0 Å². The average molecular weight is 362 g/mol. The van der Waals surface area contributed by atoms with Gasteiger partial charge in [-0.25, -0.2) is 4.98 Å². The summed E-state index contributed by atoms with van der Waals surface area (Å²) in [5.41, 5.74) is 3.08. The number of carbonyl (C=O) groups excluding carboxylic acids is 1. The summed E-state index contributed by atoms with van der Waals surface area (Å²) in [4.78, 5) is 17.8. The van der Waals surface area contributed by atoms with Gasteiger partial charge in [-0.1, -0.05) is 51.1 Å². The lowest BCUT2D eigenvalue weighted by Gasteiger charge is -2.28. The van der Waals surface area contributed by atoms with Crippen molar-refractivity contribution in [1.82, 2.24) is 10.3 Å². The van der Waals surface area contributed by atoms with E-state index in [1.54, 1.807) is 7.11 Å². The number of benzene rings is 2. The third kappa shape index (κ3) is 4.11. The molecule has 27 heavy (non-hydrogen) atoms. The molecule has 0 unspecified atom stereocenters. The summed E-state index contributed by atoms with van der Waals surface area (Å²) in [6.07, 6.45) is 0. The van der Waals surface area contributed by atoms with Crippen LogP contribution in [0.25, 0.3) is 22.2 Å². The molecule has 1 N–H and O–H groups in total. The van der Waals surface area contributed by atoms with Gasteiger partial charge >= 0.3 is 0 Å². The fourth-order valence-corrected chi connectivity index (χ4v) is 2.78. The first-order valence-electron chi connectivity index (χ1n) is 9.14. The normalized spacial score (nSPS) is 12.6. The van der Waals surface area contributed by atoms with Crippen molar-refractivity contribution in [2.75, 3.05) is 7.11 Å². The number of nitrogens with zero attached hydrogens (tertiary/aromatic N) is 1. The molecule has 0 radical (unpaired) electrons. The second-order valence-corrected chi connectivity index (χ2v) is 7.87. The molecule has 140 valence electrons. The van der Waals surface area contributed by atoms with Gasteiger partial charge in [0.05, 0.1) is 23.9 Å². The average Bonchev–Trinajstić information content (AvgIpc) is 2.66. The lowest BCUT2D eigenvalue weighted by molar-refractivity contribution is 0.0912. The Morgan fingerprint density at radius 1 is 1.07 bits per heavy atom. The van der Waals surface area contributed by atoms with E-state index in [-0.39, 0.29) is 17.4 Å². The monoisotopic (exact) mass is 362 g/mol. The predicted octanol–water partition coefficient (Wildman–Crippen LogP) is 5.07. The molecule has 1 heterocycles. The molecule has 4 nitrogen and oxygen atoms in total. The first-order valence-corrected chi connectivity index (χ1v) is 9.14. The molecule has 0 aliphatic rings. The predicted molar refractivity (Wildman–Crippen MR) is 110 cm³/mol. The zero-order chi connectivity index (χ0) is 19.6. The number of nitrogens with one attached hydrogen (secondary N) is 1.